The second kappa shape index (κ2) is 5.36. The Morgan fingerprint density at radius 2 is 1.75 bits per heavy atom. The van der Waals surface area contributed by atoms with Crippen molar-refractivity contribution >= 4 is 11.6 Å². The maximum atomic E-state index is 10.2. The second-order valence-electron chi connectivity index (χ2n) is 1.33. The summed E-state index contributed by atoms with van der Waals surface area (Å²) in [6.07, 6.45) is 0.329. The molecule has 0 aliphatic rings. The molecular weight excluding hydrogens is 183 g/mol. The third-order valence-corrected chi connectivity index (χ3v) is 0.714. The Labute approximate surface area is 67.8 Å². The van der Waals surface area contributed by atoms with Crippen LogP contribution in [0.25, 0.3) is 0 Å². The predicted octanol–water partition coefficient (Wildman–Crippen LogP) is 0.552. The van der Waals surface area contributed by atoms with E-state index in [1.807, 2.05) is 0 Å². The molecule has 0 radical (unpaired) electrons. The first-order valence-electron chi connectivity index (χ1n) is 2.22. The number of ketones is 2. The van der Waals surface area contributed by atoms with Gasteiger partial charge in [0.1, 0.15) is 0 Å². The van der Waals surface area contributed by atoms with Crippen LogP contribution in [0, 0.1) is 0 Å². The Morgan fingerprint density at radius 3 is 1.75 bits per heavy atom. The molecule has 0 rings (SSSR count). The Bertz CT molecular complexity index is 98.6. The van der Waals surface area contributed by atoms with E-state index in [4.69, 9.17) is 0 Å². The average molecular weight is 191 g/mol. The van der Waals surface area contributed by atoms with E-state index < -0.39 is 0 Å². The van der Waals surface area contributed by atoms with Crippen molar-refractivity contribution in [2.45, 2.75) is 20.3 Å². The van der Waals surface area contributed by atoms with E-state index in [9.17, 15) is 9.59 Å². The van der Waals surface area contributed by atoms with Gasteiger partial charge < -0.3 is 0 Å². The zero-order valence-electron chi connectivity index (χ0n) is 5.02. The normalized spacial score (nSPS) is 7.25. The van der Waals surface area contributed by atoms with E-state index in [1.165, 1.54) is 6.92 Å². The van der Waals surface area contributed by atoms with E-state index in [0.29, 0.717) is 6.42 Å². The number of carbonyl (C=O) groups is 2. The van der Waals surface area contributed by atoms with E-state index in [-0.39, 0.29) is 37.8 Å². The van der Waals surface area contributed by atoms with Gasteiger partial charge >= 0.3 is 26.2 Å². The zero-order chi connectivity index (χ0) is 5.86. The summed E-state index contributed by atoms with van der Waals surface area (Å²) in [7, 11) is 0. The Balaban J connectivity index is 0. The van der Waals surface area contributed by atoms with Crippen molar-refractivity contribution < 1.29 is 35.8 Å². The van der Waals surface area contributed by atoms with Crippen LogP contribution in [0.1, 0.15) is 20.3 Å². The van der Waals surface area contributed by atoms with Crippen LogP contribution in [0.3, 0.4) is 0 Å². The molecular formula is C5H8O2Zr+4. The van der Waals surface area contributed by atoms with Crippen LogP contribution in [-0.2, 0) is 35.8 Å². The molecule has 3 heteroatoms. The summed E-state index contributed by atoms with van der Waals surface area (Å²) in [5.74, 6) is -0.637. The molecule has 0 saturated carbocycles. The number of hydrogen-bond acceptors (Lipinski definition) is 2. The van der Waals surface area contributed by atoms with Crippen molar-refractivity contribution in [2.24, 2.45) is 0 Å². The molecule has 0 bridgehead atoms. The minimum atomic E-state index is -0.345. The summed E-state index contributed by atoms with van der Waals surface area (Å²) in [5.41, 5.74) is 0. The maximum absolute atomic E-state index is 10.2. The van der Waals surface area contributed by atoms with Crippen molar-refractivity contribution in [3.8, 4) is 0 Å². The van der Waals surface area contributed by atoms with E-state index in [2.05, 4.69) is 0 Å². The summed E-state index contributed by atoms with van der Waals surface area (Å²) >= 11 is 0. The minimum Gasteiger partial charge on any atom is -0.291 e. The van der Waals surface area contributed by atoms with Crippen molar-refractivity contribution in [1.29, 1.82) is 0 Å². The van der Waals surface area contributed by atoms with Crippen molar-refractivity contribution in [3.63, 3.8) is 0 Å². The molecule has 0 saturated heterocycles. The van der Waals surface area contributed by atoms with Gasteiger partial charge in [0.15, 0.2) is 11.6 Å². The Kier molecular flexibility index (Phi) is 7.42. The Hall–Kier alpha value is 0.223. The van der Waals surface area contributed by atoms with Crippen molar-refractivity contribution in [2.75, 3.05) is 0 Å². The van der Waals surface area contributed by atoms with E-state index in [1.54, 1.807) is 6.92 Å². The van der Waals surface area contributed by atoms with Crippen LogP contribution < -0.4 is 0 Å². The van der Waals surface area contributed by atoms with Crippen molar-refractivity contribution in [3.05, 3.63) is 0 Å². The van der Waals surface area contributed by atoms with Gasteiger partial charge in [0.2, 0.25) is 0 Å². The quantitative estimate of drug-likeness (QED) is 0.597. The summed E-state index contributed by atoms with van der Waals surface area (Å²) in [4.78, 5) is 20.2. The topological polar surface area (TPSA) is 34.1 Å². The zero-order valence-corrected chi connectivity index (χ0v) is 7.48. The van der Waals surface area contributed by atoms with Crippen LogP contribution in [0.2, 0.25) is 0 Å². The first kappa shape index (κ1) is 11.1. The molecule has 0 unspecified atom stereocenters. The van der Waals surface area contributed by atoms with Crippen LogP contribution >= 0.6 is 0 Å². The third-order valence-electron chi connectivity index (χ3n) is 0.714. The third kappa shape index (κ3) is 4.38. The molecule has 0 atom stereocenters. The molecule has 0 aromatic heterocycles. The van der Waals surface area contributed by atoms with Gasteiger partial charge in [0.05, 0.1) is 0 Å². The van der Waals surface area contributed by atoms with E-state index >= 15 is 0 Å². The average Bonchev–Trinajstić information content (AvgIpc) is 1.65. The van der Waals surface area contributed by atoms with Crippen LogP contribution in [0.15, 0.2) is 0 Å². The first-order chi connectivity index (χ1) is 3.18. The van der Waals surface area contributed by atoms with Crippen LogP contribution in [0.4, 0.5) is 0 Å². The van der Waals surface area contributed by atoms with Gasteiger partial charge in [0.25, 0.3) is 0 Å². The first-order valence-corrected chi connectivity index (χ1v) is 2.22. The van der Waals surface area contributed by atoms with Crippen LogP contribution in [0.5, 0.6) is 0 Å². The smallest absolute Gasteiger partial charge is 0.291 e. The standard InChI is InChI=1S/C5H8O2.Zr/c1-3-5(7)4(2)6;/h3H2,1-2H3;/q;+4. The summed E-state index contributed by atoms with van der Waals surface area (Å²) in [6.45, 7) is 2.95. The number of Topliss-reactive ketones (excluding diaryl/α,β-unsaturated/α-hetero) is 2. The number of carbonyl (C=O) groups excluding carboxylic acids is 2. The minimum absolute atomic E-state index is 0. The SMILES string of the molecule is CCC(=O)C(C)=O.[Zr+4]. The fraction of sp³-hybridized carbons (Fsp3) is 0.600. The summed E-state index contributed by atoms with van der Waals surface area (Å²) in [5, 5.41) is 0. The van der Waals surface area contributed by atoms with Gasteiger partial charge in [-0.3, -0.25) is 9.59 Å². The number of hydrogen-bond donors (Lipinski definition) is 0. The second-order valence-corrected chi connectivity index (χ2v) is 1.33. The van der Waals surface area contributed by atoms with Gasteiger partial charge in [-0.2, -0.15) is 0 Å². The largest absolute Gasteiger partial charge is 4.00 e. The molecule has 2 nitrogen and oxygen atoms in total. The molecule has 0 fully saturated rings. The molecule has 0 amide bonds. The molecule has 0 aromatic rings. The Morgan fingerprint density at radius 1 is 1.38 bits per heavy atom. The van der Waals surface area contributed by atoms with Gasteiger partial charge in [-0.15, -0.1) is 0 Å². The molecule has 0 heterocycles. The molecule has 40 valence electrons. The molecule has 0 aromatic carbocycles. The fourth-order valence-electron chi connectivity index (χ4n) is 0.249. The van der Waals surface area contributed by atoms with Gasteiger partial charge in [0, 0.05) is 13.3 Å². The van der Waals surface area contributed by atoms with Crippen molar-refractivity contribution in [1.82, 2.24) is 0 Å². The van der Waals surface area contributed by atoms with E-state index in [0.717, 1.165) is 0 Å². The predicted molar refractivity (Wildman–Crippen MR) is 26.0 cm³/mol. The maximum Gasteiger partial charge on any atom is 4.00 e. The molecule has 8 heavy (non-hydrogen) atoms. The van der Waals surface area contributed by atoms with Crippen LogP contribution in [-0.4, -0.2) is 11.6 Å². The fourth-order valence-corrected chi connectivity index (χ4v) is 0.249. The van der Waals surface area contributed by atoms with Gasteiger partial charge in [-0.25, -0.2) is 0 Å². The molecule has 0 spiro atoms. The summed E-state index contributed by atoms with van der Waals surface area (Å²) in [6, 6.07) is 0. The molecule has 0 N–H and O–H groups in total. The monoisotopic (exact) mass is 190 g/mol. The number of rotatable bonds is 2. The molecule has 0 aliphatic heterocycles. The molecule has 0 aliphatic carbocycles. The van der Waals surface area contributed by atoms with Gasteiger partial charge in [-0.1, -0.05) is 6.92 Å². The summed E-state index contributed by atoms with van der Waals surface area (Å²) < 4.78 is 0. The van der Waals surface area contributed by atoms with Gasteiger partial charge in [-0.05, 0) is 0 Å².